The van der Waals surface area contributed by atoms with Gasteiger partial charge >= 0.3 is 0 Å². The summed E-state index contributed by atoms with van der Waals surface area (Å²) in [5.74, 6) is 7.55. The Morgan fingerprint density at radius 3 is 2.20 bits per heavy atom. The normalized spacial score (nSPS) is 12.2. The second kappa shape index (κ2) is 11.4. The van der Waals surface area contributed by atoms with Crippen LogP contribution >= 0.6 is 0 Å². The van der Waals surface area contributed by atoms with E-state index in [0.717, 1.165) is 29.5 Å². The topological polar surface area (TPSA) is 64.5 Å². The summed E-state index contributed by atoms with van der Waals surface area (Å²) in [7, 11) is 0. The SMILES string of the molecule is CC.CC.Nc1cc(OCc2ccccc2)ccc1N(N)CC1CC1. The maximum absolute atomic E-state index is 6.09. The van der Waals surface area contributed by atoms with Gasteiger partial charge in [-0.15, -0.1) is 0 Å². The molecule has 0 heterocycles. The molecule has 4 heteroatoms. The summed E-state index contributed by atoms with van der Waals surface area (Å²) >= 11 is 0. The lowest BCUT2D eigenvalue weighted by Gasteiger charge is -2.20. The fourth-order valence-corrected chi connectivity index (χ4v) is 2.30. The van der Waals surface area contributed by atoms with Crippen molar-refractivity contribution in [1.82, 2.24) is 0 Å². The lowest BCUT2D eigenvalue weighted by Crippen LogP contribution is -2.33. The summed E-state index contributed by atoms with van der Waals surface area (Å²) in [6, 6.07) is 15.8. The van der Waals surface area contributed by atoms with Gasteiger partial charge in [-0.25, -0.2) is 5.84 Å². The van der Waals surface area contributed by atoms with Crippen molar-refractivity contribution in [3.05, 3.63) is 54.1 Å². The summed E-state index contributed by atoms with van der Waals surface area (Å²) in [6.45, 7) is 9.41. The van der Waals surface area contributed by atoms with Crippen molar-refractivity contribution in [2.45, 2.75) is 47.1 Å². The van der Waals surface area contributed by atoms with E-state index in [1.54, 1.807) is 5.01 Å². The highest BCUT2D eigenvalue weighted by Gasteiger charge is 2.24. The molecule has 0 atom stereocenters. The van der Waals surface area contributed by atoms with Gasteiger partial charge in [-0.3, -0.25) is 0 Å². The second-order valence-corrected chi connectivity index (χ2v) is 5.59. The molecule has 3 rings (SSSR count). The largest absolute Gasteiger partial charge is 0.489 e. The molecule has 25 heavy (non-hydrogen) atoms. The monoisotopic (exact) mass is 343 g/mol. The van der Waals surface area contributed by atoms with Crippen molar-refractivity contribution in [1.29, 1.82) is 0 Å². The molecule has 0 bridgehead atoms. The molecule has 0 aliphatic heterocycles. The van der Waals surface area contributed by atoms with E-state index in [9.17, 15) is 0 Å². The molecule has 0 radical (unpaired) electrons. The highest BCUT2D eigenvalue weighted by atomic mass is 16.5. The van der Waals surface area contributed by atoms with Crippen molar-refractivity contribution in [2.24, 2.45) is 11.8 Å². The zero-order valence-corrected chi connectivity index (χ0v) is 16.0. The first-order chi connectivity index (χ1) is 12.2. The quantitative estimate of drug-likeness (QED) is 0.440. The molecule has 0 unspecified atom stereocenters. The number of ether oxygens (including phenoxy) is 1. The molecule has 0 aromatic heterocycles. The van der Waals surface area contributed by atoms with Gasteiger partial charge in [0.25, 0.3) is 0 Å². The second-order valence-electron chi connectivity index (χ2n) is 5.59. The number of anilines is 2. The summed E-state index contributed by atoms with van der Waals surface area (Å²) < 4.78 is 5.76. The minimum Gasteiger partial charge on any atom is -0.489 e. The summed E-state index contributed by atoms with van der Waals surface area (Å²) in [5, 5.41) is 1.74. The molecule has 4 nitrogen and oxygen atoms in total. The smallest absolute Gasteiger partial charge is 0.122 e. The Labute approximate surface area is 152 Å². The third-order valence-electron chi connectivity index (χ3n) is 3.71. The first-order valence-corrected chi connectivity index (χ1v) is 9.31. The van der Waals surface area contributed by atoms with Gasteiger partial charge in [0.05, 0.1) is 11.4 Å². The van der Waals surface area contributed by atoms with E-state index in [-0.39, 0.29) is 0 Å². The molecule has 1 saturated carbocycles. The lowest BCUT2D eigenvalue weighted by molar-refractivity contribution is 0.306. The predicted molar refractivity (Wildman–Crippen MR) is 109 cm³/mol. The van der Waals surface area contributed by atoms with E-state index in [4.69, 9.17) is 16.3 Å². The highest BCUT2D eigenvalue weighted by Crippen LogP contribution is 2.33. The standard InChI is InChI=1S/C17H21N3O.2C2H6/c18-16-10-15(21-12-14-4-2-1-3-5-14)8-9-17(16)20(19)11-13-6-7-13;2*1-2/h1-5,8-10,13H,6-7,11-12,18-19H2;2*1-2H3. The predicted octanol–water partition coefficient (Wildman–Crippen LogP) is 4.99. The fourth-order valence-electron chi connectivity index (χ4n) is 2.30. The van der Waals surface area contributed by atoms with Gasteiger partial charge in [0.1, 0.15) is 12.4 Å². The number of nitrogen functional groups attached to an aromatic ring is 1. The van der Waals surface area contributed by atoms with Crippen molar-refractivity contribution in [3.63, 3.8) is 0 Å². The van der Waals surface area contributed by atoms with E-state index in [2.05, 4.69) is 0 Å². The molecule has 1 fully saturated rings. The number of hydrazine groups is 1. The molecule has 4 N–H and O–H groups in total. The third-order valence-corrected chi connectivity index (χ3v) is 3.71. The molecular weight excluding hydrogens is 310 g/mol. The van der Waals surface area contributed by atoms with Crippen LogP contribution in [0.2, 0.25) is 0 Å². The van der Waals surface area contributed by atoms with E-state index >= 15 is 0 Å². The van der Waals surface area contributed by atoms with Gasteiger partial charge in [0.15, 0.2) is 0 Å². The van der Waals surface area contributed by atoms with Crippen LogP contribution in [0.5, 0.6) is 5.75 Å². The highest BCUT2D eigenvalue weighted by molar-refractivity contribution is 5.68. The van der Waals surface area contributed by atoms with Crippen LogP contribution in [-0.2, 0) is 6.61 Å². The van der Waals surface area contributed by atoms with E-state index in [0.29, 0.717) is 12.3 Å². The Bertz CT molecular complexity index is 597. The number of nitrogens with zero attached hydrogens (tertiary/aromatic N) is 1. The van der Waals surface area contributed by atoms with E-state index in [1.165, 1.54) is 12.8 Å². The zero-order valence-electron chi connectivity index (χ0n) is 16.0. The number of rotatable bonds is 6. The van der Waals surface area contributed by atoms with Crippen LogP contribution in [0.1, 0.15) is 46.1 Å². The first kappa shape index (κ1) is 20.8. The van der Waals surface area contributed by atoms with Crippen LogP contribution in [-0.4, -0.2) is 6.54 Å². The molecule has 1 aliphatic carbocycles. The van der Waals surface area contributed by atoms with Gasteiger partial charge in [0.2, 0.25) is 0 Å². The van der Waals surface area contributed by atoms with Crippen LogP contribution in [0.4, 0.5) is 11.4 Å². The molecule has 2 aromatic carbocycles. The first-order valence-electron chi connectivity index (χ1n) is 9.31. The molecule has 0 amide bonds. The van der Waals surface area contributed by atoms with Gasteiger partial charge in [-0.1, -0.05) is 58.0 Å². The summed E-state index contributed by atoms with van der Waals surface area (Å²) in [6.07, 6.45) is 2.54. The fraction of sp³-hybridized carbons (Fsp3) is 0.429. The summed E-state index contributed by atoms with van der Waals surface area (Å²) in [4.78, 5) is 0. The molecule has 138 valence electrons. The minimum absolute atomic E-state index is 0.536. The van der Waals surface area contributed by atoms with E-state index < -0.39 is 0 Å². The van der Waals surface area contributed by atoms with E-state index in [1.807, 2.05) is 76.2 Å². The van der Waals surface area contributed by atoms with Crippen LogP contribution < -0.4 is 21.3 Å². The van der Waals surface area contributed by atoms with Gasteiger partial charge < -0.3 is 15.5 Å². The molecular formula is C21H33N3O. The number of hydrogen-bond donors (Lipinski definition) is 2. The van der Waals surface area contributed by atoms with Gasteiger partial charge in [-0.2, -0.15) is 0 Å². The van der Waals surface area contributed by atoms with Crippen LogP contribution in [0.3, 0.4) is 0 Å². The van der Waals surface area contributed by atoms with Crippen molar-refractivity contribution >= 4 is 11.4 Å². The number of nitrogens with two attached hydrogens (primary N) is 2. The van der Waals surface area contributed by atoms with Gasteiger partial charge in [-0.05, 0) is 36.5 Å². The zero-order chi connectivity index (χ0) is 18.7. The van der Waals surface area contributed by atoms with Crippen LogP contribution in [0, 0.1) is 5.92 Å². The Hall–Kier alpha value is -2.20. The molecule has 0 saturated heterocycles. The maximum atomic E-state index is 6.09. The Morgan fingerprint density at radius 2 is 1.64 bits per heavy atom. The van der Waals surface area contributed by atoms with Crippen LogP contribution in [0.15, 0.2) is 48.5 Å². The summed E-state index contributed by atoms with van der Waals surface area (Å²) in [5.41, 5.74) is 8.74. The molecule has 1 aliphatic rings. The lowest BCUT2D eigenvalue weighted by atomic mass is 10.2. The number of benzene rings is 2. The third kappa shape index (κ3) is 7.06. The Morgan fingerprint density at radius 1 is 1.00 bits per heavy atom. The average Bonchev–Trinajstić information content (AvgIpc) is 3.48. The molecule has 0 spiro atoms. The van der Waals surface area contributed by atoms with Crippen molar-refractivity contribution in [2.75, 3.05) is 17.3 Å². The van der Waals surface area contributed by atoms with Crippen LogP contribution in [0.25, 0.3) is 0 Å². The minimum atomic E-state index is 0.536. The van der Waals surface area contributed by atoms with Crippen molar-refractivity contribution < 1.29 is 4.74 Å². The van der Waals surface area contributed by atoms with Gasteiger partial charge in [0, 0.05) is 12.6 Å². The van der Waals surface area contributed by atoms with Crippen molar-refractivity contribution in [3.8, 4) is 5.75 Å². The average molecular weight is 344 g/mol. The Balaban J connectivity index is 0.000000730. The Kier molecular flexibility index (Phi) is 9.48. The maximum Gasteiger partial charge on any atom is 0.122 e. The molecule has 2 aromatic rings. The number of hydrogen-bond acceptors (Lipinski definition) is 4.